The maximum atomic E-state index is 8.39. The van der Waals surface area contributed by atoms with Crippen molar-refractivity contribution in [1.29, 1.82) is 10.8 Å². The van der Waals surface area contributed by atoms with Crippen LogP contribution in [0.15, 0.2) is 30.3 Å². The minimum Gasteiger partial charge on any atom is -0.316 e. The molecule has 1 heterocycles. The van der Waals surface area contributed by atoms with Gasteiger partial charge in [0.05, 0.1) is 5.84 Å². The second-order valence-electron chi connectivity index (χ2n) is 8.60. The zero-order valence-corrected chi connectivity index (χ0v) is 18.5. The SMILES string of the molecule is CNC(CCN1C(C)CC1CC(C)N(C(C)=N)C(=N)C(C)C)c1ccccc1. The predicted octanol–water partition coefficient (Wildman–Crippen LogP) is 4.51. The first kappa shape index (κ1) is 22.6. The third-order valence-corrected chi connectivity index (χ3v) is 6.10. The molecule has 156 valence electrons. The quantitative estimate of drug-likeness (QED) is 0.433. The van der Waals surface area contributed by atoms with Crippen LogP contribution >= 0.6 is 0 Å². The molecule has 4 atom stereocenters. The summed E-state index contributed by atoms with van der Waals surface area (Å²) in [6.07, 6.45) is 3.30. The molecule has 1 aromatic carbocycles. The molecule has 1 fully saturated rings. The molecule has 2 rings (SSSR count). The van der Waals surface area contributed by atoms with Crippen molar-refractivity contribution >= 4 is 11.7 Å². The summed E-state index contributed by atoms with van der Waals surface area (Å²) in [4.78, 5) is 4.52. The van der Waals surface area contributed by atoms with Gasteiger partial charge < -0.3 is 10.2 Å². The van der Waals surface area contributed by atoms with Gasteiger partial charge in [-0.25, -0.2) is 0 Å². The summed E-state index contributed by atoms with van der Waals surface area (Å²) in [6.45, 7) is 11.4. The van der Waals surface area contributed by atoms with Crippen LogP contribution in [-0.2, 0) is 0 Å². The highest BCUT2D eigenvalue weighted by Crippen LogP contribution is 2.31. The molecule has 1 aliphatic heterocycles. The van der Waals surface area contributed by atoms with Crippen molar-refractivity contribution in [2.45, 2.75) is 78.0 Å². The van der Waals surface area contributed by atoms with Gasteiger partial charge in [0.2, 0.25) is 0 Å². The van der Waals surface area contributed by atoms with Crippen molar-refractivity contribution in [3.8, 4) is 0 Å². The number of hydrogen-bond acceptors (Lipinski definition) is 4. The molecule has 5 heteroatoms. The Hall–Kier alpha value is -1.72. The van der Waals surface area contributed by atoms with Gasteiger partial charge in [-0.15, -0.1) is 0 Å². The van der Waals surface area contributed by atoms with E-state index >= 15 is 0 Å². The van der Waals surface area contributed by atoms with Crippen LogP contribution in [-0.4, -0.2) is 53.2 Å². The second kappa shape index (κ2) is 10.2. The molecular formula is C23H39N5. The first-order valence-corrected chi connectivity index (χ1v) is 10.7. The van der Waals surface area contributed by atoms with E-state index in [0.29, 0.717) is 29.8 Å². The number of likely N-dealkylation sites (tertiary alicyclic amines) is 1. The maximum absolute atomic E-state index is 8.39. The highest BCUT2D eigenvalue weighted by molar-refractivity contribution is 5.98. The summed E-state index contributed by atoms with van der Waals surface area (Å²) >= 11 is 0. The topological polar surface area (TPSA) is 66.2 Å². The van der Waals surface area contributed by atoms with Crippen molar-refractivity contribution in [3.63, 3.8) is 0 Å². The highest BCUT2D eigenvalue weighted by atomic mass is 15.3. The van der Waals surface area contributed by atoms with E-state index in [2.05, 4.69) is 54.4 Å². The maximum Gasteiger partial charge on any atom is 0.104 e. The highest BCUT2D eigenvalue weighted by Gasteiger charge is 2.37. The Bertz CT molecular complexity index is 642. The van der Waals surface area contributed by atoms with Gasteiger partial charge in [-0.3, -0.25) is 15.7 Å². The van der Waals surface area contributed by atoms with Crippen LogP contribution in [0.4, 0.5) is 0 Å². The largest absolute Gasteiger partial charge is 0.316 e. The van der Waals surface area contributed by atoms with Crippen LogP contribution in [0.1, 0.15) is 65.5 Å². The molecule has 1 aromatic rings. The van der Waals surface area contributed by atoms with E-state index < -0.39 is 0 Å². The summed E-state index contributed by atoms with van der Waals surface area (Å²) < 4.78 is 0. The van der Waals surface area contributed by atoms with E-state index in [1.54, 1.807) is 6.92 Å². The van der Waals surface area contributed by atoms with Crippen LogP contribution in [0.25, 0.3) is 0 Å². The van der Waals surface area contributed by atoms with Crippen LogP contribution in [0.2, 0.25) is 0 Å². The predicted molar refractivity (Wildman–Crippen MR) is 119 cm³/mol. The zero-order valence-electron chi connectivity index (χ0n) is 18.5. The van der Waals surface area contributed by atoms with Gasteiger partial charge in [0.15, 0.2) is 0 Å². The fourth-order valence-electron chi connectivity index (χ4n) is 4.49. The van der Waals surface area contributed by atoms with E-state index in [4.69, 9.17) is 10.8 Å². The average Bonchev–Trinajstić information content (AvgIpc) is 2.65. The van der Waals surface area contributed by atoms with Crippen LogP contribution in [0.3, 0.4) is 0 Å². The molecule has 0 saturated carbocycles. The molecule has 1 aliphatic rings. The summed E-state index contributed by atoms with van der Waals surface area (Å²) in [7, 11) is 2.04. The van der Waals surface area contributed by atoms with Gasteiger partial charge in [-0.1, -0.05) is 44.2 Å². The van der Waals surface area contributed by atoms with Crippen LogP contribution < -0.4 is 5.32 Å². The number of amidine groups is 2. The van der Waals surface area contributed by atoms with Crippen molar-refractivity contribution < 1.29 is 0 Å². The average molecular weight is 386 g/mol. The van der Waals surface area contributed by atoms with E-state index in [1.807, 2.05) is 25.8 Å². The van der Waals surface area contributed by atoms with Gasteiger partial charge >= 0.3 is 0 Å². The fraction of sp³-hybridized carbons (Fsp3) is 0.652. The zero-order chi connectivity index (χ0) is 20.8. The van der Waals surface area contributed by atoms with Crippen LogP contribution in [0, 0.1) is 16.7 Å². The molecule has 0 aliphatic carbocycles. The molecule has 0 bridgehead atoms. The van der Waals surface area contributed by atoms with Crippen molar-refractivity contribution in [1.82, 2.24) is 15.1 Å². The van der Waals surface area contributed by atoms with Crippen molar-refractivity contribution in [2.75, 3.05) is 13.6 Å². The van der Waals surface area contributed by atoms with Gasteiger partial charge in [0, 0.05) is 36.6 Å². The molecule has 4 unspecified atom stereocenters. The Labute approximate surface area is 171 Å². The van der Waals surface area contributed by atoms with Gasteiger partial charge in [0.25, 0.3) is 0 Å². The second-order valence-corrected chi connectivity index (χ2v) is 8.60. The first-order chi connectivity index (χ1) is 13.3. The minimum atomic E-state index is 0.140. The number of rotatable bonds is 9. The van der Waals surface area contributed by atoms with Gasteiger partial charge in [-0.2, -0.15) is 0 Å². The molecule has 5 nitrogen and oxygen atoms in total. The molecule has 0 aromatic heterocycles. The molecule has 0 amide bonds. The van der Waals surface area contributed by atoms with E-state index in [1.165, 1.54) is 12.0 Å². The van der Waals surface area contributed by atoms with Gasteiger partial charge in [0.1, 0.15) is 5.84 Å². The molecule has 28 heavy (non-hydrogen) atoms. The van der Waals surface area contributed by atoms with E-state index in [-0.39, 0.29) is 12.0 Å². The number of nitrogens with zero attached hydrogens (tertiary/aromatic N) is 2. The Morgan fingerprint density at radius 1 is 1.21 bits per heavy atom. The Kier molecular flexibility index (Phi) is 8.20. The lowest BCUT2D eigenvalue weighted by molar-refractivity contribution is 0.0101. The lowest BCUT2D eigenvalue weighted by atomic mass is 9.87. The Morgan fingerprint density at radius 3 is 2.36 bits per heavy atom. The van der Waals surface area contributed by atoms with E-state index in [0.717, 1.165) is 19.4 Å². The fourth-order valence-corrected chi connectivity index (χ4v) is 4.49. The summed E-state index contributed by atoms with van der Waals surface area (Å²) in [5, 5.41) is 20.0. The standard InChI is InChI=1S/C23H39N5/c1-16(2)23(25)28(19(5)24)18(4)15-21-14-17(3)27(21)13-12-22(26-6)20-10-8-7-9-11-20/h7-11,16-18,21-22,24-26H,12-15H2,1-6H3. The number of benzene rings is 1. The molecule has 0 spiro atoms. The van der Waals surface area contributed by atoms with E-state index in [9.17, 15) is 0 Å². The van der Waals surface area contributed by atoms with Gasteiger partial charge in [-0.05, 0) is 52.6 Å². The van der Waals surface area contributed by atoms with Crippen LogP contribution in [0.5, 0.6) is 0 Å². The lowest BCUT2D eigenvalue weighted by Crippen LogP contribution is -2.57. The summed E-state index contributed by atoms with van der Waals surface area (Å²) in [6, 6.07) is 12.4. The molecule has 3 N–H and O–H groups in total. The molecule has 0 radical (unpaired) electrons. The Balaban J connectivity index is 1.95. The smallest absolute Gasteiger partial charge is 0.104 e. The molecular weight excluding hydrogens is 346 g/mol. The lowest BCUT2D eigenvalue weighted by Gasteiger charge is -2.49. The monoisotopic (exact) mass is 385 g/mol. The summed E-state index contributed by atoms with van der Waals surface area (Å²) in [5.74, 6) is 1.17. The number of nitrogens with one attached hydrogen (secondary N) is 3. The number of hydrogen-bond donors (Lipinski definition) is 3. The van der Waals surface area contributed by atoms with Crippen molar-refractivity contribution in [3.05, 3.63) is 35.9 Å². The minimum absolute atomic E-state index is 0.140. The summed E-state index contributed by atoms with van der Waals surface area (Å²) in [5.41, 5.74) is 1.35. The third-order valence-electron chi connectivity index (χ3n) is 6.10. The normalized spacial score (nSPS) is 21.8. The first-order valence-electron chi connectivity index (χ1n) is 10.7. The Morgan fingerprint density at radius 2 is 1.86 bits per heavy atom. The molecule has 1 saturated heterocycles. The third kappa shape index (κ3) is 5.42. The van der Waals surface area contributed by atoms with Crippen molar-refractivity contribution in [2.24, 2.45) is 5.92 Å².